The Labute approximate surface area is 231 Å². The summed E-state index contributed by atoms with van der Waals surface area (Å²) in [5, 5.41) is 11.4. The van der Waals surface area contributed by atoms with Gasteiger partial charge in [-0.3, -0.25) is 14.9 Å². The summed E-state index contributed by atoms with van der Waals surface area (Å²) in [6, 6.07) is 15.8. The number of allylic oxidation sites excluding steroid dienone is 1. The first-order valence-corrected chi connectivity index (χ1v) is 12.6. The molecule has 1 fully saturated rings. The number of nitrogens with one attached hydrogen (secondary N) is 1. The molecule has 0 radical (unpaired) electrons. The second kappa shape index (κ2) is 12.1. The van der Waals surface area contributed by atoms with Crippen LogP contribution in [0.5, 0.6) is 11.5 Å². The van der Waals surface area contributed by atoms with Crippen LogP contribution in [0.2, 0.25) is 0 Å². The fraction of sp³-hybridized carbons (Fsp3) is 0.161. The Bertz CT molecular complexity index is 1520. The van der Waals surface area contributed by atoms with Gasteiger partial charge in [0.05, 0.1) is 17.9 Å². The molecule has 3 aromatic rings. The average molecular weight is 541 g/mol. The van der Waals surface area contributed by atoms with E-state index in [1.807, 2.05) is 6.92 Å². The maximum absolute atomic E-state index is 13.4. The lowest BCUT2D eigenvalue weighted by atomic mass is 10.0. The van der Waals surface area contributed by atoms with E-state index in [0.717, 1.165) is 10.5 Å². The van der Waals surface area contributed by atoms with E-state index in [9.17, 15) is 19.2 Å². The molecule has 40 heavy (non-hydrogen) atoms. The van der Waals surface area contributed by atoms with E-state index in [2.05, 4.69) is 11.9 Å². The predicted octanol–water partition coefficient (Wildman–Crippen LogP) is 5.07. The molecule has 0 bridgehead atoms. The second-order valence-electron chi connectivity index (χ2n) is 8.97. The highest BCUT2D eigenvalue weighted by atomic mass is 16.5. The number of ether oxygens (including phenoxy) is 2. The van der Waals surface area contributed by atoms with Crippen LogP contribution in [0.4, 0.5) is 10.5 Å². The number of amides is 4. The Hall–Kier alpha value is -5.18. The molecule has 1 saturated heterocycles. The summed E-state index contributed by atoms with van der Waals surface area (Å²) >= 11 is 0. The number of carbonyl (C=O) groups is 4. The topological polar surface area (TPSA) is 122 Å². The first-order chi connectivity index (χ1) is 19.2. The van der Waals surface area contributed by atoms with Gasteiger partial charge in [-0.15, -0.1) is 6.58 Å². The number of nitrogens with zero attached hydrogens (tertiary/aromatic N) is 1. The van der Waals surface area contributed by atoms with E-state index in [0.29, 0.717) is 46.9 Å². The molecular formula is C31H28N2O7. The fourth-order valence-corrected chi connectivity index (χ4v) is 4.26. The van der Waals surface area contributed by atoms with E-state index in [4.69, 9.17) is 14.6 Å². The number of carbonyl (C=O) groups excluding carboxylic acids is 3. The minimum Gasteiger partial charge on any atom is -0.490 e. The van der Waals surface area contributed by atoms with Crippen molar-refractivity contribution in [2.75, 3.05) is 11.5 Å². The molecule has 0 spiro atoms. The SMILES string of the molecule is C=CCc1cc(/C=C2\C(=O)NC(=O)N(c3ccccc3C)C2=O)cc(OCC)c1OCc1ccc(C(=O)O)cc1. The van der Waals surface area contributed by atoms with Crippen LogP contribution in [0.1, 0.15) is 39.5 Å². The standard InChI is InChI=1S/C31H28N2O7/c1-4-8-23-15-21(16-24-28(34)32-31(38)33(29(24)35)25-10-7-6-9-19(25)3)17-26(39-5-2)27(23)40-18-20-11-13-22(14-12-20)30(36)37/h4,6-7,9-17H,1,5,8,18H2,2-3H3,(H,36,37)(H,32,34,38)/b24-16+. The molecule has 1 aliphatic rings. The number of carboxylic acids is 1. The van der Waals surface area contributed by atoms with Crippen molar-refractivity contribution in [3.05, 3.63) is 107 Å². The lowest BCUT2D eigenvalue weighted by molar-refractivity contribution is -0.122. The van der Waals surface area contributed by atoms with E-state index < -0.39 is 23.8 Å². The number of urea groups is 1. The van der Waals surface area contributed by atoms with Crippen LogP contribution in [0, 0.1) is 6.92 Å². The predicted molar refractivity (Wildman–Crippen MR) is 149 cm³/mol. The van der Waals surface area contributed by atoms with Gasteiger partial charge in [-0.05, 0) is 73.4 Å². The van der Waals surface area contributed by atoms with Gasteiger partial charge in [0.1, 0.15) is 12.2 Å². The number of hydrogen-bond acceptors (Lipinski definition) is 6. The highest BCUT2D eigenvalue weighted by molar-refractivity contribution is 6.39. The number of benzene rings is 3. The number of anilines is 1. The second-order valence-corrected chi connectivity index (χ2v) is 8.97. The van der Waals surface area contributed by atoms with Gasteiger partial charge in [0.15, 0.2) is 11.5 Å². The van der Waals surface area contributed by atoms with Crippen molar-refractivity contribution in [2.24, 2.45) is 0 Å². The summed E-state index contributed by atoms with van der Waals surface area (Å²) < 4.78 is 12.0. The summed E-state index contributed by atoms with van der Waals surface area (Å²) in [4.78, 5) is 50.8. The Morgan fingerprint density at radius 2 is 1.77 bits per heavy atom. The van der Waals surface area contributed by atoms with E-state index in [1.54, 1.807) is 61.5 Å². The third-order valence-electron chi connectivity index (χ3n) is 6.17. The van der Waals surface area contributed by atoms with Crippen LogP contribution in [0.15, 0.2) is 78.9 Å². The zero-order valence-electron chi connectivity index (χ0n) is 22.1. The van der Waals surface area contributed by atoms with Crippen LogP contribution < -0.4 is 19.7 Å². The minimum absolute atomic E-state index is 0.152. The molecule has 0 unspecified atom stereocenters. The number of imide groups is 2. The molecule has 0 atom stereocenters. The Balaban J connectivity index is 1.70. The molecule has 1 aliphatic heterocycles. The monoisotopic (exact) mass is 540 g/mol. The summed E-state index contributed by atoms with van der Waals surface area (Å²) in [7, 11) is 0. The Kier molecular flexibility index (Phi) is 8.44. The van der Waals surface area contributed by atoms with Gasteiger partial charge in [-0.25, -0.2) is 14.5 Å². The van der Waals surface area contributed by atoms with Crippen LogP contribution in [0.25, 0.3) is 6.08 Å². The van der Waals surface area contributed by atoms with Gasteiger partial charge < -0.3 is 14.6 Å². The molecular weight excluding hydrogens is 512 g/mol. The van der Waals surface area contributed by atoms with E-state index in [-0.39, 0.29) is 17.7 Å². The maximum atomic E-state index is 13.4. The number of rotatable bonds is 10. The smallest absolute Gasteiger partial charge is 0.335 e. The van der Waals surface area contributed by atoms with Crippen LogP contribution in [0.3, 0.4) is 0 Å². The molecule has 4 amide bonds. The molecule has 2 N–H and O–H groups in total. The fourth-order valence-electron chi connectivity index (χ4n) is 4.26. The molecule has 9 nitrogen and oxygen atoms in total. The average Bonchev–Trinajstić information content (AvgIpc) is 2.92. The van der Waals surface area contributed by atoms with Gasteiger partial charge in [-0.1, -0.05) is 36.4 Å². The third-order valence-corrected chi connectivity index (χ3v) is 6.17. The maximum Gasteiger partial charge on any atom is 0.335 e. The Morgan fingerprint density at radius 1 is 1.05 bits per heavy atom. The quantitative estimate of drug-likeness (QED) is 0.209. The van der Waals surface area contributed by atoms with Crippen molar-refractivity contribution in [1.82, 2.24) is 5.32 Å². The number of hydrogen-bond donors (Lipinski definition) is 2. The lowest BCUT2D eigenvalue weighted by Gasteiger charge is -2.27. The van der Waals surface area contributed by atoms with Crippen molar-refractivity contribution in [3.63, 3.8) is 0 Å². The van der Waals surface area contributed by atoms with Crippen molar-refractivity contribution in [3.8, 4) is 11.5 Å². The van der Waals surface area contributed by atoms with Crippen molar-refractivity contribution >= 4 is 35.6 Å². The number of carboxylic acid groups (broad SMARTS) is 1. The molecule has 4 rings (SSSR count). The number of aryl methyl sites for hydroxylation is 1. The molecule has 0 aliphatic carbocycles. The van der Waals surface area contributed by atoms with Crippen molar-refractivity contribution in [2.45, 2.75) is 26.9 Å². The normalized spacial score (nSPS) is 14.2. The van der Waals surface area contributed by atoms with Gasteiger partial charge in [0.25, 0.3) is 11.8 Å². The summed E-state index contributed by atoms with van der Waals surface area (Å²) in [5.41, 5.74) is 3.00. The summed E-state index contributed by atoms with van der Waals surface area (Å²) in [6.45, 7) is 7.88. The molecule has 0 aromatic heterocycles. The summed E-state index contributed by atoms with van der Waals surface area (Å²) in [6.07, 6.45) is 3.50. The van der Waals surface area contributed by atoms with E-state index >= 15 is 0 Å². The van der Waals surface area contributed by atoms with Gasteiger partial charge >= 0.3 is 12.0 Å². The number of barbiturate groups is 1. The molecule has 9 heteroatoms. The van der Waals surface area contributed by atoms with E-state index in [1.165, 1.54) is 18.2 Å². The first kappa shape index (κ1) is 27.8. The largest absolute Gasteiger partial charge is 0.490 e. The number of aromatic carboxylic acids is 1. The van der Waals surface area contributed by atoms with Crippen LogP contribution in [-0.2, 0) is 22.6 Å². The highest BCUT2D eigenvalue weighted by Gasteiger charge is 2.37. The van der Waals surface area contributed by atoms with Crippen molar-refractivity contribution < 1.29 is 33.8 Å². The van der Waals surface area contributed by atoms with Crippen molar-refractivity contribution in [1.29, 1.82) is 0 Å². The molecule has 3 aromatic carbocycles. The Morgan fingerprint density at radius 3 is 2.42 bits per heavy atom. The third kappa shape index (κ3) is 5.94. The highest BCUT2D eigenvalue weighted by Crippen LogP contribution is 2.36. The number of para-hydroxylation sites is 1. The minimum atomic E-state index is -1.01. The summed E-state index contributed by atoms with van der Waals surface area (Å²) in [5.74, 6) is -1.70. The zero-order valence-corrected chi connectivity index (χ0v) is 22.1. The molecule has 204 valence electrons. The van der Waals surface area contributed by atoms with Gasteiger partial charge in [0, 0.05) is 5.56 Å². The zero-order chi connectivity index (χ0) is 28.8. The van der Waals surface area contributed by atoms with Gasteiger partial charge in [-0.2, -0.15) is 0 Å². The van der Waals surface area contributed by atoms with Crippen LogP contribution in [-0.4, -0.2) is 35.5 Å². The van der Waals surface area contributed by atoms with Crippen LogP contribution >= 0.6 is 0 Å². The lowest BCUT2D eigenvalue weighted by Crippen LogP contribution is -2.54. The molecule has 1 heterocycles. The first-order valence-electron chi connectivity index (χ1n) is 12.6. The molecule has 0 saturated carbocycles. The van der Waals surface area contributed by atoms with Gasteiger partial charge in [0.2, 0.25) is 0 Å².